The summed E-state index contributed by atoms with van der Waals surface area (Å²) in [7, 11) is 1.75. The standard InChI is InChI=1S/C6H5ClN4O/c1-11-2-8-3-4(11)5(7)9-10-6(3)12/h2H,1H3,(H,10,12). The van der Waals surface area contributed by atoms with E-state index in [-0.39, 0.29) is 10.7 Å². The SMILES string of the molecule is Cn1cnc2c(=O)[nH]nc(Cl)c21. The zero-order chi connectivity index (χ0) is 8.72. The first-order valence-electron chi connectivity index (χ1n) is 3.25. The van der Waals surface area contributed by atoms with Gasteiger partial charge >= 0.3 is 0 Å². The number of imidazole rings is 1. The van der Waals surface area contributed by atoms with Gasteiger partial charge in [0.15, 0.2) is 10.7 Å². The average Bonchev–Trinajstić information content (AvgIpc) is 2.42. The van der Waals surface area contributed by atoms with Crippen LogP contribution in [0.4, 0.5) is 0 Å². The summed E-state index contributed by atoms with van der Waals surface area (Å²) >= 11 is 5.73. The van der Waals surface area contributed by atoms with E-state index in [4.69, 9.17) is 11.6 Å². The van der Waals surface area contributed by atoms with Crippen LogP contribution in [-0.4, -0.2) is 19.7 Å². The fourth-order valence-electron chi connectivity index (χ4n) is 1.05. The fourth-order valence-corrected chi connectivity index (χ4v) is 1.31. The van der Waals surface area contributed by atoms with Gasteiger partial charge in [0, 0.05) is 7.05 Å². The highest BCUT2D eigenvalue weighted by Gasteiger charge is 2.08. The molecule has 2 rings (SSSR count). The Bertz CT molecular complexity index is 486. The lowest BCUT2D eigenvalue weighted by molar-refractivity contribution is 0.935. The number of aromatic amines is 1. The molecule has 0 aliphatic carbocycles. The van der Waals surface area contributed by atoms with E-state index in [9.17, 15) is 4.79 Å². The molecule has 0 bridgehead atoms. The van der Waals surface area contributed by atoms with Crippen LogP contribution in [0, 0.1) is 0 Å². The van der Waals surface area contributed by atoms with Crippen LogP contribution >= 0.6 is 11.6 Å². The molecule has 2 heterocycles. The molecule has 12 heavy (non-hydrogen) atoms. The van der Waals surface area contributed by atoms with Crippen LogP contribution < -0.4 is 5.56 Å². The Morgan fingerprint density at radius 3 is 3.08 bits per heavy atom. The van der Waals surface area contributed by atoms with E-state index in [1.165, 1.54) is 6.33 Å². The summed E-state index contributed by atoms with van der Waals surface area (Å²) in [6.45, 7) is 0. The van der Waals surface area contributed by atoms with E-state index >= 15 is 0 Å². The molecule has 0 aromatic carbocycles. The highest BCUT2D eigenvalue weighted by Crippen LogP contribution is 2.14. The van der Waals surface area contributed by atoms with Crippen LogP contribution in [0.15, 0.2) is 11.1 Å². The molecule has 0 amide bonds. The van der Waals surface area contributed by atoms with Crippen molar-refractivity contribution in [3.05, 3.63) is 21.8 Å². The minimum Gasteiger partial charge on any atom is -0.331 e. The number of aromatic nitrogens is 4. The summed E-state index contributed by atoms with van der Waals surface area (Å²) in [6, 6.07) is 0. The second kappa shape index (κ2) is 2.31. The third-order valence-electron chi connectivity index (χ3n) is 1.60. The summed E-state index contributed by atoms with van der Waals surface area (Å²) in [5.74, 6) is 0. The first kappa shape index (κ1) is 7.30. The van der Waals surface area contributed by atoms with Crippen molar-refractivity contribution < 1.29 is 0 Å². The van der Waals surface area contributed by atoms with E-state index < -0.39 is 0 Å². The summed E-state index contributed by atoms with van der Waals surface area (Å²) in [5.41, 5.74) is 0.549. The monoisotopic (exact) mass is 184 g/mol. The number of nitrogens with one attached hydrogen (secondary N) is 1. The van der Waals surface area contributed by atoms with Crippen molar-refractivity contribution in [2.45, 2.75) is 0 Å². The smallest absolute Gasteiger partial charge is 0.292 e. The maximum absolute atomic E-state index is 11.1. The molecule has 0 radical (unpaired) electrons. The zero-order valence-electron chi connectivity index (χ0n) is 6.21. The average molecular weight is 185 g/mol. The van der Waals surface area contributed by atoms with Gasteiger partial charge in [-0.25, -0.2) is 10.1 Å². The third kappa shape index (κ3) is 0.831. The van der Waals surface area contributed by atoms with E-state index in [0.29, 0.717) is 11.0 Å². The molecule has 5 nitrogen and oxygen atoms in total. The molecular formula is C6H5ClN4O. The number of fused-ring (bicyclic) bond motifs is 1. The Morgan fingerprint density at radius 2 is 2.42 bits per heavy atom. The van der Waals surface area contributed by atoms with Gasteiger partial charge in [-0.3, -0.25) is 4.79 Å². The topological polar surface area (TPSA) is 63.6 Å². The zero-order valence-corrected chi connectivity index (χ0v) is 6.96. The Morgan fingerprint density at radius 1 is 1.67 bits per heavy atom. The Balaban J connectivity index is 3.09. The molecule has 0 aliphatic heterocycles. The van der Waals surface area contributed by atoms with E-state index in [1.54, 1.807) is 11.6 Å². The van der Waals surface area contributed by atoms with Crippen molar-refractivity contribution in [1.29, 1.82) is 0 Å². The third-order valence-corrected chi connectivity index (χ3v) is 1.87. The largest absolute Gasteiger partial charge is 0.331 e. The predicted octanol–water partition coefficient (Wildman–Crippen LogP) is 0.310. The van der Waals surface area contributed by atoms with Gasteiger partial charge in [-0.1, -0.05) is 11.6 Å². The van der Waals surface area contributed by atoms with E-state index in [2.05, 4.69) is 15.2 Å². The summed E-state index contributed by atoms with van der Waals surface area (Å²) in [6.07, 6.45) is 1.52. The lowest BCUT2D eigenvalue weighted by Gasteiger charge is -1.93. The Kier molecular flexibility index (Phi) is 1.41. The maximum atomic E-state index is 11.1. The highest BCUT2D eigenvalue weighted by atomic mass is 35.5. The maximum Gasteiger partial charge on any atom is 0.292 e. The summed E-state index contributed by atoms with van der Waals surface area (Å²) in [5, 5.41) is 6.10. The lowest BCUT2D eigenvalue weighted by Crippen LogP contribution is -2.08. The van der Waals surface area contributed by atoms with Crippen LogP contribution in [0.3, 0.4) is 0 Å². The summed E-state index contributed by atoms with van der Waals surface area (Å²) in [4.78, 5) is 15.0. The minimum atomic E-state index is -0.324. The van der Waals surface area contributed by atoms with Crippen LogP contribution in [0.25, 0.3) is 11.0 Å². The van der Waals surface area contributed by atoms with Crippen molar-refractivity contribution in [3.63, 3.8) is 0 Å². The van der Waals surface area contributed by atoms with Crippen LogP contribution in [0.1, 0.15) is 0 Å². The second-order valence-electron chi connectivity index (χ2n) is 2.40. The molecule has 0 spiro atoms. The van der Waals surface area contributed by atoms with Crippen molar-refractivity contribution in [2.24, 2.45) is 7.05 Å². The van der Waals surface area contributed by atoms with Gasteiger partial charge in [-0.05, 0) is 0 Å². The molecule has 2 aromatic rings. The number of hydrogen-bond acceptors (Lipinski definition) is 3. The first-order valence-corrected chi connectivity index (χ1v) is 3.63. The number of aryl methyl sites for hydroxylation is 1. The molecular weight excluding hydrogens is 180 g/mol. The molecule has 0 fully saturated rings. The Hall–Kier alpha value is -1.36. The van der Waals surface area contributed by atoms with Crippen LogP contribution in [0.2, 0.25) is 5.15 Å². The van der Waals surface area contributed by atoms with E-state index in [0.717, 1.165) is 0 Å². The molecule has 62 valence electrons. The van der Waals surface area contributed by atoms with Gasteiger partial charge in [-0.15, -0.1) is 0 Å². The number of H-pyrrole nitrogens is 1. The van der Waals surface area contributed by atoms with Gasteiger partial charge in [0.2, 0.25) is 0 Å². The molecule has 0 atom stereocenters. The van der Waals surface area contributed by atoms with Crippen molar-refractivity contribution in [2.75, 3.05) is 0 Å². The fraction of sp³-hybridized carbons (Fsp3) is 0.167. The molecule has 2 aromatic heterocycles. The van der Waals surface area contributed by atoms with E-state index in [1.807, 2.05) is 0 Å². The highest BCUT2D eigenvalue weighted by molar-refractivity contribution is 6.33. The van der Waals surface area contributed by atoms with Gasteiger partial charge < -0.3 is 4.57 Å². The van der Waals surface area contributed by atoms with Crippen molar-refractivity contribution in [1.82, 2.24) is 19.7 Å². The molecule has 0 saturated heterocycles. The number of nitrogens with zero attached hydrogens (tertiary/aromatic N) is 3. The quantitative estimate of drug-likeness (QED) is 0.641. The Labute approximate surface area is 72.0 Å². The van der Waals surface area contributed by atoms with Crippen molar-refractivity contribution in [3.8, 4) is 0 Å². The first-order chi connectivity index (χ1) is 5.70. The second-order valence-corrected chi connectivity index (χ2v) is 2.75. The number of hydrogen-bond donors (Lipinski definition) is 1. The number of halogens is 1. The van der Waals surface area contributed by atoms with Crippen molar-refractivity contribution >= 4 is 22.6 Å². The normalized spacial score (nSPS) is 10.8. The summed E-state index contributed by atoms with van der Waals surface area (Å²) < 4.78 is 1.65. The van der Waals surface area contributed by atoms with Gasteiger partial charge in [-0.2, -0.15) is 5.10 Å². The number of rotatable bonds is 0. The lowest BCUT2D eigenvalue weighted by atomic mass is 10.5. The molecule has 0 unspecified atom stereocenters. The molecule has 1 N–H and O–H groups in total. The van der Waals surface area contributed by atoms with Gasteiger partial charge in [0.25, 0.3) is 5.56 Å². The minimum absolute atomic E-state index is 0.254. The molecule has 6 heteroatoms. The van der Waals surface area contributed by atoms with Crippen LogP contribution in [0.5, 0.6) is 0 Å². The van der Waals surface area contributed by atoms with Gasteiger partial charge in [0.1, 0.15) is 5.52 Å². The van der Waals surface area contributed by atoms with Gasteiger partial charge in [0.05, 0.1) is 6.33 Å². The molecule has 0 aliphatic rings. The van der Waals surface area contributed by atoms with Crippen LogP contribution in [-0.2, 0) is 7.05 Å². The molecule has 0 saturated carbocycles. The predicted molar refractivity (Wildman–Crippen MR) is 44.1 cm³/mol.